The van der Waals surface area contributed by atoms with E-state index in [2.05, 4.69) is 31.6 Å². The maximum Gasteiger partial charge on any atom is 0.195 e. The first kappa shape index (κ1) is 19.9. The van der Waals surface area contributed by atoms with E-state index < -0.39 is 0 Å². The smallest absolute Gasteiger partial charge is 0.195 e. The van der Waals surface area contributed by atoms with Gasteiger partial charge in [0.2, 0.25) is 0 Å². The summed E-state index contributed by atoms with van der Waals surface area (Å²) in [5.74, 6) is 3.15. The van der Waals surface area contributed by atoms with Crippen molar-refractivity contribution in [3.8, 4) is 11.5 Å². The molecule has 0 saturated heterocycles. The van der Waals surface area contributed by atoms with Gasteiger partial charge in [0.1, 0.15) is 5.76 Å². The fourth-order valence-electron chi connectivity index (χ4n) is 2.35. The number of anilines is 1. The van der Waals surface area contributed by atoms with Crippen LogP contribution in [0.1, 0.15) is 12.2 Å². The molecule has 2 N–H and O–H groups in total. The molecule has 1 aromatic heterocycles. The van der Waals surface area contributed by atoms with E-state index in [1.54, 1.807) is 7.05 Å². The minimum atomic E-state index is 0. The number of hydrogen-bond acceptors (Lipinski definition) is 4. The number of nitrogens with zero attached hydrogens (tertiary/aromatic N) is 1. The van der Waals surface area contributed by atoms with Crippen molar-refractivity contribution in [2.75, 3.05) is 32.1 Å². The van der Waals surface area contributed by atoms with E-state index in [1.165, 1.54) is 0 Å². The third-order valence-corrected chi connectivity index (χ3v) is 3.95. The number of halogens is 2. The summed E-state index contributed by atoms with van der Waals surface area (Å²) >= 11 is 3.30. The number of fused-ring (bicyclic) bond motifs is 1. The molecule has 0 amide bonds. The van der Waals surface area contributed by atoms with Gasteiger partial charge in [-0.25, -0.2) is 0 Å². The molecule has 3 rings (SSSR count). The van der Waals surface area contributed by atoms with E-state index in [1.807, 2.05) is 30.3 Å². The van der Waals surface area contributed by atoms with Crippen LogP contribution in [0.3, 0.4) is 0 Å². The zero-order valence-electron chi connectivity index (χ0n) is 13.9. The van der Waals surface area contributed by atoms with E-state index >= 15 is 0 Å². The maximum atomic E-state index is 5.70. The molecule has 0 aliphatic carbocycles. The van der Waals surface area contributed by atoms with E-state index in [9.17, 15) is 0 Å². The first-order valence-corrected chi connectivity index (χ1v) is 8.65. The van der Waals surface area contributed by atoms with Crippen LogP contribution in [-0.4, -0.2) is 32.8 Å². The number of ether oxygens (including phenoxy) is 2. The predicted octanol–water partition coefficient (Wildman–Crippen LogP) is 4.05. The minimum absolute atomic E-state index is 0. The molecule has 0 unspecified atom stereocenters. The fourth-order valence-corrected chi connectivity index (χ4v) is 2.69. The van der Waals surface area contributed by atoms with Gasteiger partial charge in [-0.3, -0.25) is 4.99 Å². The van der Waals surface area contributed by atoms with Gasteiger partial charge in [0.05, 0.1) is 13.2 Å². The van der Waals surface area contributed by atoms with Crippen LogP contribution in [0.2, 0.25) is 0 Å². The molecule has 0 atom stereocenters. The summed E-state index contributed by atoms with van der Waals surface area (Å²) in [5, 5.41) is 6.51. The van der Waals surface area contributed by atoms with E-state index in [0.717, 1.165) is 40.5 Å². The Balaban J connectivity index is 0.00000225. The van der Waals surface area contributed by atoms with Crippen LogP contribution in [0.15, 0.2) is 44.4 Å². The molecule has 0 bridgehead atoms. The third-order valence-electron chi connectivity index (χ3n) is 3.53. The minimum Gasteiger partial charge on any atom is -0.490 e. The Kier molecular flexibility index (Phi) is 7.89. The Morgan fingerprint density at radius 1 is 1.16 bits per heavy atom. The van der Waals surface area contributed by atoms with Gasteiger partial charge in [0.15, 0.2) is 22.1 Å². The average Bonchev–Trinajstić information content (AvgIpc) is 2.86. The van der Waals surface area contributed by atoms with Crippen LogP contribution in [0.25, 0.3) is 0 Å². The van der Waals surface area contributed by atoms with Crippen LogP contribution in [0.4, 0.5) is 5.69 Å². The fraction of sp³-hybridized carbons (Fsp3) is 0.353. The lowest BCUT2D eigenvalue weighted by atomic mass is 10.2. The number of benzene rings is 1. The summed E-state index contributed by atoms with van der Waals surface area (Å²) in [6.07, 6.45) is 1.66. The Morgan fingerprint density at radius 2 is 1.96 bits per heavy atom. The molecular weight excluding hydrogens is 501 g/mol. The van der Waals surface area contributed by atoms with Gasteiger partial charge in [-0.1, -0.05) is 0 Å². The Bertz CT molecular complexity index is 721. The van der Waals surface area contributed by atoms with Crippen molar-refractivity contribution in [2.24, 2.45) is 4.99 Å². The average molecular weight is 522 g/mol. The van der Waals surface area contributed by atoms with Gasteiger partial charge in [0, 0.05) is 38.2 Å². The molecule has 8 heteroatoms. The highest BCUT2D eigenvalue weighted by Gasteiger charge is 2.11. The van der Waals surface area contributed by atoms with Gasteiger partial charge in [-0.05, 0) is 40.2 Å². The number of aliphatic imine (C=N–C) groups is 1. The largest absolute Gasteiger partial charge is 0.490 e. The Labute approximate surface area is 172 Å². The zero-order valence-corrected chi connectivity index (χ0v) is 17.8. The van der Waals surface area contributed by atoms with Crippen LogP contribution < -0.4 is 20.1 Å². The quantitative estimate of drug-likeness (QED) is 0.361. The molecule has 136 valence electrons. The summed E-state index contributed by atoms with van der Waals surface area (Å²) in [7, 11) is 1.74. The van der Waals surface area contributed by atoms with Crippen molar-refractivity contribution in [2.45, 2.75) is 12.8 Å². The van der Waals surface area contributed by atoms with Gasteiger partial charge >= 0.3 is 0 Å². The first-order chi connectivity index (χ1) is 11.7. The Morgan fingerprint density at radius 3 is 2.68 bits per heavy atom. The lowest BCUT2D eigenvalue weighted by Crippen LogP contribution is -2.32. The van der Waals surface area contributed by atoms with Crippen molar-refractivity contribution < 1.29 is 13.9 Å². The number of rotatable bonds is 4. The molecule has 0 saturated carbocycles. The number of nitrogens with one attached hydrogen (secondary N) is 2. The second-order valence-corrected chi connectivity index (χ2v) is 6.07. The molecule has 0 fully saturated rings. The van der Waals surface area contributed by atoms with Crippen molar-refractivity contribution >= 4 is 51.6 Å². The first-order valence-electron chi connectivity index (χ1n) is 7.86. The van der Waals surface area contributed by atoms with E-state index in [0.29, 0.717) is 25.7 Å². The SMILES string of the molecule is CN=C(NCCc1ccc(Br)o1)Nc1ccc2c(c1)OCCCO2.I. The summed E-state index contributed by atoms with van der Waals surface area (Å²) < 4.78 is 17.6. The number of furan rings is 1. The molecule has 6 nitrogen and oxygen atoms in total. The van der Waals surface area contributed by atoms with E-state index in [-0.39, 0.29) is 24.0 Å². The van der Waals surface area contributed by atoms with Crippen molar-refractivity contribution in [1.82, 2.24) is 5.32 Å². The van der Waals surface area contributed by atoms with Crippen LogP contribution in [-0.2, 0) is 6.42 Å². The van der Waals surface area contributed by atoms with Gasteiger partial charge in [-0.2, -0.15) is 0 Å². The third kappa shape index (κ3) is 5.81. The lowest BCUT2D eigenvalue weighted by molar-refractivity contribution is 0.297. The van der Waals surface area contributed by atoms with E-state index in [4.69, 9.17) is 13.9 Å². The second-order valence-electron chi connectivity index (χ2n) is 5.29. The van der Waals surface area contributed by atoms with Gasteiger partial charge in [-0.15, -0.1) is 24.0 Å². The normalized spacial score (nSPS) is 13.6. The van der Waals surface area contributed by atoms with Gasteiger partial charge < -0.3 is 24.5 Å². The standard InChI is InChI=1S/C17H20BrN3O3.HI/c1-19-17(20-8-7-13-4-6-16(18)24-13)21-12-3-5-14-15(11-12)23-10-2-9-22-14;/h3-6,11H,2,7-10H2,1H3,(H2,19,20,21);1H. The lowest BCUT2D eigenvalue weighted by Gasteiger charge is -2.13. The molecule has 25 heavy (non-hydrogen) atoms. The molecular formula is C17H21BrIN3O3. The maximum absolute atomic E-state index is 5.70. The number of guanidine groups is 1. The molecule has 1 aliphatic heterocycles. The highest BCUT2D eigenvalue weighted by atomic mass is 127. The highest BCUT2D eigenvalue weighted by molar-refractivity contribution is 14.0. The molecule has 0 spiro atoms. The van der Waals surface area contributed by atoms with Crippen LogP contribution in [0, 0.1) is 0 Å². The van der Waals surface area contributed by atoms with Crippen molar-refractivity contribution in [1.29, 1.82) is 0 Å². The summed E-state index contributed by atoms with van der Waals surface area (Å²) in [6.45, 7) is 2.07. The zero-order chi connectivity index (χ0) is 16.8. The predicted molar refractivity (Wildman–Crippen MR) is 113 cm³/mol. The second kappa shape index (κ2) is 9.91. The van der Waals surface area contributed by atoms with Crippen molar-refractivity contribution in [3.63, 3.8) is 0 Å². The molecule has 0 radical (unpaired) electrons. The summed E-state index contributed by atoms with van der Waals surface area (Å²) in [6, 6.07) is 9.63. The molecule has 1 aliphatic rings. The summed E-state index contributed by atoms with van der Waals surface area (Å²) in [5.41, 5.74) is 0.896. The van der Waals surface area contributed by atoms with Crippen LogP contribution >= 0.6 is 39.9 Å². The molecule has 2 heterocycles. The monoisotopic (exact) mass is 521 g/mol. The Hall–Kier alpha value is -1.42. The molecule has 2 aromatic rings. The van der Waals surface area contributed by atoms with Crippen LogP contribution in [0.5, 0.6) is 11.5 Å². The molecule has 1 aromatic carbocycles. The summed E-state index contributed by atoms with van der Waals surface area (Å²) in [4.78, 5) is 4.23. The topological polar surface area (TPSA) is 68.0 Å². The highest BCUT2D eigenvalue weighted by Crippen LogP contribution is 2.32. The van der Waals surface area contributed by atoms with Crippen molar-refractivity contribution in [3.05, 3.63) is 40.8 Å². The number of hydrogen-bond donors (Lipinski definition) is 2. The van der Waals surface area contributed by atoms with Gasteiger partial charge in [0.25, 0.3) is 0 Å².